The van der Waals surface area contributed by atoms with Crippen molar-refractivity contribution in [2.45, 2.75) is 56.1 Å². The molecule has 7 rings (SSSR count). The third kappa shape index (κ3) is 7.59. The van der Waals surface area contributed by atoms with E-state index in [2.05, 4.69) is 31.5 Å². The molecule has 51 heavy (non-hydrogen) atoms. The lowest BCUT2D eigenvalue weighted by Gasteiger charge is -2.41. The third-order valence-electron chi connectivity index (χ3n) is 9.70. The van der Waals surface area contributed by atoms with Crippen molar-refractivity contribution in [3.63, 3.8) is 0 Å². The summed E-state index contributed by atoms with van der Waals surface area (Å²) in [5, 5.41) is 5.83. The Morgan fingerprint density at radius 2 is 1.59 bits per heavy atom. The number of nitrogens with zero attached hydrogens (tertiary/aromatic N) is 7. The first-order chi connectivity index (χ1) is 24.7. The summed E-state index contributed by atoms with van der Waals surface area (Å²) in [4.78, 5) is 30.9. The smallest absolute Gasteiger partial charge is 0.323 e. The number of anilines is 1. The SMILES string of the molecule is CC(=O)ON(Cc1cccc(Oc2ccc(-c3nn(C4CCC(N5CCN(C)CC5)CC4)c4ncnc(N)c34)cc2)c1)S(=O)(=O)c1ccccc1. The maximum Gasteiger partial charge on any atom is 0.323 e. The first kappa shape index (κ1) is 34.6. The number of hydrogen-bond acceptors (Lipinski definition) is 11. The van der Waals surface area contributed by atoms with Crippen molar-refractivity contribution in [3.05, 3.63) is 90.8 Å². The second-order valence-electron chi connectivity index (χ2n) is 13.2. The van der Waals surface area contributed by atoms with Gasteiger partial charge in [0, 0.05) is 44.7 Å². The predicted octanol–water partition coefficient (Wildman–Crippen LogP) is 5.27. The van der Waals surface area contributed by atoms with E-state index in [0.29, 0.717) is 33.4 Å². The highest BCUT2D eigenvalue weighted by molar-refractivity contribution is 7.89. The van der Waals surface area contributed by atoms with Crippen molar-refractivity contribution < 1.29 is 22.8 Å². The molecule has 1 aliphatic heterocycles. The molecule has 0 amide bonds. The molecular formula is C37H42N8O5S. The molecule has 266 valence electrons. The van der Waals surface area contributed by atoms with Crippen LogP contribution in [0.4, 0.5) is 5.82 Å². The van der Waals surface area contributed by atoms with Crippen LogP contribution < -0.4 is 10.5 Å². The normalized spacial score (nSPS) is 19.0. The summed E-state index contributed by atoms with van der Waals surface area (Å²) in [6, 6.07) is 23.2. The molecule has 3 heterocycles. The molecule has 0 spiro atoms. The van der Waals surface area contributed by atoms with E-state index in [9.17, 15) is 13.2 Å². The standard InChI is InChI=1S/C37H42N8O5S/c1-26(46)50-44(51(47,48)33-9-4-3-5-10-33)24-27-7-6-8-32(23-27)49-31-17-11-28(12-18-31)35-34-36(38)39-25-40-37(34)45(41-35)30-15-13-29(14-16-30)43-21-19-42(2)20-22-43/h3-12,17-18,23,25,29-30H,13-16,19-22,24H2,1-2H3,(H2,38,39,40). The van der Waals surface area contributed by atoms with Gasteiger partial charge in [-0.25, -0.2) is 23.1 Å². The number of rotatable bonds is 10. The molecule has 13 nitrogen and oxygen atoms in total. The fourth-order valence-corrected chi connectivity index (χ4v) is 8.26. The zero-order valence-corrected chi connectivity index (χ0v) is 29.6. The van der Waals surface area contributed by atoms with Crippen LogP contribution in [0.15, 0.2) is 90.1 Å². The molecule has 0 atom stereocenters. The molecule has 5 aromatic rings. The van der Waals surface area contributed by atoms with Crippen molar-refractivity contribution in [1.82, 2.24) is 34.0 Å². The Morgan fingerprint density at radius 3 is 2.29 bits per heavy atom. The summed E-state index contributed by atoms with van der Waals surface area (Å²) < 4.78 is 35.4. The van der Waals surface area contributed by atoms with Gasteiger partial charge in [-0.05, 0) is 91.3 Å². The number of carbonyl (C=O) groups excluding carboxylic acids is 1. The Hall–Kier alpha value is -4.89. The van der Waals surface area contributed by atoms with Gasteiger partial charge in [0.2, 0.25) is 0 Å². The minimum absolute atomic E-state index is 0.0123. The van der Waals surface area contributed by atoms with Gasteiger partial charge in [0.25, 0.3) is 10.0 Å². The molecule has 2 N–H and O–H groups in total. The van der Waals surface area contributed by atoms with Crippen molar-refractivity contribution in [1.29, 1.82) is 0 Å². The number of nitrogen functional groups attached to an aromatic ring is 1. The molecule has 2 aromatic heterocycles. The van der Waals surface area contributed by atoms with Gasteiger partial charge in [-0.3, -0.25) is 9.69 Å². The molecule has 14 heteroatoms. The minimum Gasteiger partial charge on any atom is -0.457 e. The van der Waals surface area contributed by atoms with Gasteiger partial charge in [-0.15, -0.1) is 0 Å². The van der Waals surface area contributed by atoms with Gasteiger partial charge in [0.15, 0.2) is 5.65 Å². The molecule has 2 aliphatic rings. The number of nitrogens with two attached hydrogens (primary N) is 1. The highest BCUT2D eigenvalue weighted by Crippen LogP contribution is 2.38. The van der Waals surface area contributed by atoms with E-state index >= 15 is 0 Å². The lowest BCUT2D eigenvalue weighted by molar-refractivity contribution is -0.168. The van der Waals surface area contributed by atoms with Gasteiger partial charge in [0.05, 0.1) is 22.9 Å². The van der Waals surface area contributed by atoms with E-state index in [0.717, 1.165) is 81.1 Å². The van der Waals surface area contributed by atoms with Crippen molar-refractivity contribution in [2.24, 2.45) is 0 Å². The van der Waals surface area contributed by atoms with Gasteiger partial charge in [-0.1, -0.05) is 30.3 Å². The van der Waals surface area contributed by atoms with E-state index in [4.69, 9.17) is 20.4 Å². The summed E-state index contributed by atoms with van der Waals surface area (Å²) in [7, 11) is -1.92. The van der Waals surface area contributed by atoms with E-state index < -0.39 is 16.0 Å². The van der Waals surface area contributed by atoms with Gasteiger partial charge < -0.3 is 20.2 Å². The van der Waals surface area contributed by atoms with Crippen LogP contribution in [0.25, 0.3) is 22.3 Å². The summed E-state index contributed by atoms with van der Waals surface area (Å²) in [5.41, 5.74) is 9.32. The average molecular weight is 711 g/mol. The molecule has 1 aliphatic carbocycles. The summed E-state index contributed by atoms with van der Waals surface area (Å²) >= 11 is 0. The van der Waals surface area contributed by atoms with Crippen molar-refractivity contribution >= 4 is 32.8 Å². The average Bonchev–Trinajstić information content (AvgIpc) is 3.53. The number of benzene rings is 3. The predicted molar refractivity (Wildman–Crippen MR) is 193 cm³/mol. The van der Waals surface area contributed by atoms with Crippen LogP contribution in [0.5, 0.6) is 11.5 Å². The van der Waals surface area contributed by atoms with Gasteiger partial charge >= 0.3 is 5.97 Å². The van der Waals surface area contributed by atoms with Crippen molar-refractivity contribution in [3.8, 4) is 22.8 Å². The van der Waals surface area contributed by atoms with Gasteiger partial charge in [-0.2, -0.15) is 5.10 Å². The highest BCUT2D eigenvalue weighted by Gasteiger charge is 2.31. The van der Waals surface area contributed by atoms with Crippen LogP contribution in [0, 0.1) is 0 Å². The maximum absolute atomic E-state index is 13.3. The first-order valence-corrected chi connectivity index (χ1v) is 18.6. The second-order valence-corrected chi connectivity index (χ2v) is 15.0. The van der Waals surface area contributed by atoms with E-state index in [1.807, 2.05) is 24.3 Å². The van der Waals surface area contributed by atoms with E-state index in [1.165, 1.54) is 18.5 Å². The number of aromatic nitrogens is 4. The van der Waals surface area contributed by atoms with E-state index in [1.54, 1.807) is 42.5 Å². The molecule has 1 saturated carbocycles. The fraction of sp³-hybridized carbons (Fsp3) is 0.351. The Kier molecular flexibility index (Phi) is 10.0. The quantitative estimate of drug-likeness (QED) is 0.189. The van der Waals surface area contributed by atoms with E-state index in [-0.39, 0.29) is 17.5 Å². The molecule has 1 saturated heterocycles. The molecule has 0 radical (unpaired) electrons. The molecular weight excluding hydrogens is 669 g/mol. The van der Waals surface area contributed by atoms with Crippen LogP contribution in [0.2, 0.25) is 0 Å². The van der Waals surface area contributed by atoms with Crippen LogP contribution in [0.1, 0.15) is 44.2 Å². The van der Waals surface area contributed by atoms with Crippen LogP contribution in [0.3, 0.4) is 0 Å². The monoisotopic (exact) mass is 710 g/mol. The number of piperazine rings is 1. The van der Waals surface area contributed by atoms with Crippen LogP contribution >= 0.6 is 0 Å². The molecule has 2 fully saturated rings. The Morgan fingerprint density at radius 1 is 0.882 bits per heavy atom. The molecule has 0 bridgehead atoms. The maximum atomic E-state index is 13.3. The molecule has 3 aromatic carbocycles. The lowest BCUT2D eigenvalue weighted by atomic mass is 9.90. The number of likely N-dealkylation sites (N-methyl/N-ethyl adjacent to an activating group) is 1. The van der Waals surface area contributed by atoms with Crippen LogP contribution in [-0.2, 0) is 26.2 Å². The topological polar surface area (TPSA) is 149 Å². The summed E-state index contributed by atoms with van der Waals surface area (Å²) in [5.74, 6) is 0.697. The zero-order chi connectivity index (χ0) is 35.5. The second kappa shape index (κ2) is 14.8. The summed E-state index contributed by atoms with van der Waals surface area (Å²) in [6.07, 6.45) is 5.82. The lowest BCUT2D eigenvalue weighted by Crippen LogP contribution is -2.49. The Bertz CT molecular complexity index is 2090. The van der Waals surface area contributed by atoms with Crippen molar-refractivity contribution in [2.75, 3.05) is 39.0 Å². The number of hydroxylamine groups is 1. The number of hydrogen-bond donors (Lipinski definition) is 1. The number of fused-ring (bicyclic) bond motifs is 1. The number of sulfonamides is 1. The highest BCUT2D eigenvalue weighted by atomic mass is 32.2. The number of carbonyl (C=O) groups is 1. The van der Waals surface area contributed by atoms with Crippen LogP contribution in [-0.4, -0.2) is 87.7 Å². The Labute approximate surface area is 297 Å². The minimum atomic E-state index is -4.11. The fourth-order valence-electron chi connectivity index (χ4n) is 7.00. The summed E-state index contributed by atoms with van der Waals surface area (Å²) in [6.45, 7) is 5.46. The molecule has 0 unspecified atom stereocenters. The zero-order valence-electron chi connectivity index (χ0n) is 28.8. The third-order valence-corrected chi connectivity index (χ3v) is 11.3. The first-order valence-electron chi connectivity index (χ1n) is 17.2. The number of ether oxygens (including phenoxy) is 1. The van der Waals surface area contributed by atoms with Gasteiger partial charge in [0.1, 0.15) is 29.3 Å². The Balaban J connectivity index is 1.07. The largest absolute Gasteiger partial charge is 0.457 e.